The second kappa shape index (κ2) is 3.92. The number of Topliss-reactive ketones (excluding diaryl/α,β-unsaturated/α-hetero) is 1. The monoisotopic (exact) mass is 236 g/mol. The molecular formula is C12H13ClN2O. The van der Waals surface area contributed by atoms with Crippen molar-refractivity contribution in [1.82, 2.24) is 4.98 Å². The third-order valence-corrected chi connectivity index (χ3v) is 2.95. The number of hydrogen-bond donors (Lipinski definition) is 2. The van der Waals surface area contributed by atoms with Crippen LogP contribution in [0.1, 0.15) is 23.0 Å². The standard InChI is InChI=1S/C12H13ClN2O/c1-6(14)12(16)10-7(2)15-11-8(10)4-3-5-9(11)13/h3-6,15H,14H2,1-2H3. The molecule has 1 aromatic carbocycles. The smallest absolute Gasteiger partial charge is 0.181 e. The predicted octanol–water partition coefficient (Wildman–Crippen LogP) is 2.66. The van der Waals surface area contributed by atoms with E-state index in [9.17, 15) is 4.79 Å². The third kappa shape index (κ3) is 1.62. The van der Waals surface area contributed by atoms with Crippen molar-refractivity contribution >= 4 is 28.3 Å². The van der Waals surface area contributed by atoms with Crippen molar-refractivity contribution in [2.75, 3.05) is 0 Å². The molecule has 2 rings (SSSR count). The summed E-state index contributed by atoms with van der Waals surface area (Å²) >= 11 is 6.05. The summed E-state index contributed by atoms with van der Waals surface area (Å²) in [7, 11) is 0. The normalized spacial score (nSPS) is 13.0. The highest BCUT2D eigenvalue weighted by molar-refractivity contribution is 6.35. The van der Waals surface area contributed by atoms with Crippen molar-refractivity contribution in [3.63, 3.8) is 0 Å². The minimum Gasteiger partial charge on any atom is -0.357 e. The van der Waals surface area contributed by atoms with Crippen molar-refractivity contribution < 1.29 is 4.79 Å². The minimum atomic E-state index is -0.503. The van der Waals surface area contributed by atoms with Gasteiger partial charge < -0.3 is 10.7 Å². The fourth-order valence-corrected chi connectivity index (χ4v) is 2.08. The lowest BCUT2D eigenvalue weighted by Gasteiger charge is -2.04. The first-order chi connectivity index (χ1) is 7.52. The Bertz CT molecular complexity index is 557. The molecule has 0 aliphatic heterocycles. The van der Waals surface area contributed by atoms with E-state index in [0.717, 1.165) is 16.6 Å². The molecule has 1 atom stereocenters. The molecule has 84 valence electrons. The summed E-state index contributed by atoms with van der Waals surface area (Å²) in [5, 5.41) is 1.46. The average molecular weight is 237 g/mol. The van der Waals surface area contributed by atoms with Crippen LogP contribution >= 0.6 is 11.6 Å². The van der Waals surface area contributed by atoms with E-state index >= 15 is 0 Å². The molecule has 3 N–H and O–H groups in total. The molecule has 2 aromatic rings. The van der Waals surface area contributed by atoms with Gasteiger partial charge in [0, 0.05) is 16.6 Å². The first kappa shape index (κ1) is 11.2. The summed E-state index contributed by atoms with van der Waals surface area (Å²) in [5.41, 5.74) is 7.88. The highest BCUT2D eigenvalue weighted by Gasteiger charge is 2.19. The molecule has 0 aliphatic carbocycles. The molecular weight excluding hydrogens is 224 g/mol. The van der Waals surface area contributed by atoms with Crippen LogP contribution in [0.4, 0.5) is 0 Å². The van der Waals surface area contributed by atoms with Crippen LogP contribution in [0.3, 0.4) is 0 Å². The average Bonchev–Trinajstić information content (AvgIpc) is 2.55. The zero-order chi connectivity index (χ0) is 11.9. The van der Waals surface area contributed by atoms with E-state index in [1.807, 2.05) is 19.1 Å². The van der Waals surface area contributed by atoms with Gasteiger partial charge in [0.05, 0.1) is 16.6 Å². The van der Waals surface area contributed by atoms with Crippen LogP contribution in [0, 0.1) is 6.92 Å². The number of carbonyl (C=O) groups is 1. The Morgan fingerprint density at radius 2 is 2.19 bits per heavy atom. The van der Waals surface area contributed by atoms with Crippen LogP contribution in [0.25, 0.3) is 10.9 Å². The maximum absolute atomic E-state index is 12.0. The van der Waals surface area contributed by atoms with Crippen LogP contribution in [0.15, 0.2) is 18.2 Å². The van der Waals surface area contributed by atoms with Gasteiger partial charge in [-0.05, 0) is 19.9 Å². The maximum Gasteiger partial charge on any atom is 0.181 e. The summed E-state index contributed by atoms with van der Waals surface area (Å²) in [6.45, 7) is 3.54. The van der Waals surface area contributed by atoms with Crippen molar-refractivity contribution in [1.29, 1.82) is 0 Å². The van der Waals surface area contributed by atoms with Crippen LogP contribution < -0.4 is 5.73 Å². The molecule has 0 bridgehead atoms. The van der Waals surface area contributed by atoms with Crippen LogP contribution in [-0.2, 0) is 0 Å². The number of H-pyrrole nitrogens is 1. The molecule has 0 fully saturated rings. The number of halogens is 1. The lowest BCUT2D eigenvalue weighted by Crippen LogP contribution is -2.27. The first-order valence-corrected chi connectivity index (χ1v) is 5.46. The van der Waals surface area contributed by atoms with Crippen LogP contribution in [0.2, 0.25) is 5.02 Å². The fourth-order valence-electron chi connectivity index (χ4n) is 1.86. The minimum absolute atomic E-state index is 0.0639. The van der Waals surface area contributed by atoms with Gasteiger partial charge in [0.1, 0.15) is 0 Å². The number of aromatic nitrogens is 1. The number of para-hydroxylation sites is 1. The summed E-state index contributed by atoms with van der Waals surface area (Å²) in [5.74, 6) is -0.0639. The molecule has 1 heterocycles. The number of aromatic amines is 1. The molecule has 0 spiro atoms. The van der Waals surface area contributed by atoms with E-state index in [1.54, 1.807) is 13.0 Å². The molecule has 0 aliphatic rings. The maximum atomic E-state index is 12.0. The number of hydrogen-bond acceptors (Lipinski definition) is 2. The van der Waals surface area contributed by atoms with E-state index in [0.29, 0.717) is 10.6 Å². The third-order valence-electron chi connectivity index (χ3n) is 2.63. The molecule has 1 aromatic heterocycles. The van der Waals surface area contributed by atoms with Crippen LogP contribution in [0.5, 0.6) is 0 Å². The summed E-state index contributed by atoms with van der Waals surface area (Å²) < 4.78 is 0. The van der Waals surface area contributed by atoms with E-state index in [-0.39, 0.29) is 5.78 Å². The lowest BCUT2D eigenvalue weighted by molar-refractivity contribution is 0.0969. The Labute approximate surface area is 98.6 Å². The number of fused-ring (bicyclic) bond motifs is 1. The molecule has 1 unspecified atom stereocenters. The Morgan fingerprint density at radius 3 is 2.81 bits per heavy atom. The quantitative estimate of drug-likeness (QED) is 0.788. The highest BCUT2D eigenvalue weighted by atomic mass is 35.5. The second-order valence-electron chi connectivity index (χ2n) is 3.94. The molecule has 0 radical (unpaired) electrons. The van der Waals surface area contributed by atoms with Gasteiger partial charge in [-0.25, -0.2) is 0 Å². The number of nitrogens with one attached hydrogen (secondary N) is 1. The van der Waals surface area contributed by atoms with E-state index in [4.69, 9.17) is 17.3 Å². The van der Waals surface area contributed by atoms with Crippen molar-refractivity contribution in [2.45, 2.75) is 19.9 Å². The van der Waals surface area contributed by atoms with Gasteiger partial charge in [0.15, 0.2) is 5.78 Å². The Hall–Kier alpha value is -1.32. The largest absolute Gasteiger partial charge is 0.357 e. The van der Waals surface area contributed by atoms with Crippen molar-refractivity contribution in [3.05, 3.63) is 34.5 Å². The molecule has 0 amide bonds. The number of aryl methyl sites for hydroxylation is 1. The van der Waals surface area contributed by atoms with Gasteiger partial charge in [0.2, 0.25) is 0 Å². The van der Waals surface area contributed by atoms with E-state index in [2.05, 4.69) is 4.98 Å². The van der Waals surface area contributed by atoms with Crippen LogP contribution in [-0.4, -0.2) is 16.8 Å². The van der Waals surface area contributed by atoms with Gasteiger partial charge in [-0.2, -0.15) is 0 Å². The lowest BCUT2D eigenvalue weighted by atomic mass is 10.0. The van der Waals surface area contributed by atoms with Gasteiger partial charge >= 0.3 is 0 Å². The Balaban J connectivity index is 2.75. The first-order valence-electron chi connectivity index (χ1n) is 5.09. The zero-order valence-electron chi connectivity index (χ0n) is 9.17. The molecule has 0 saturated heterocycles. The number of benzene rings is 1. The molecule has 4 heteroatoms. The predicted molar refractivity (Wildman–Crippen MR) is 66.0 cm³/mol. The van der Waals surface area contributed by atoms with Gasteiger partial charge in [-0.1, -0.05) is 23.7 Å². The van der Waals surface area contributed by atoms with E-state index in [1.165, 1.54) is 0 Å². The summed E-state index contributed by atoms with van der Waals surface area (Å²) in [4.78, 5) is 15.1. The van der Waals surface area contributed by atoms with Crippen molar-refractivity contribution in [3.8, 4) is 0 Å². The summed E-state index contributed by atoms with van der Waals surface area (Å²) in [6.07, 6.45) is 0. The molecule has 3 nitrogen and oxygen atoms in total. The van der Waals surface area contributed by atoms with Gasteiger partial charge in [-0.15, -0.1) is 0 Å². The highest BCUT2D eigenvalue weighted by Crippen LogP contribution is 2.28. The number of rotatable bonds is 2. The summed E-state index contributed by atoms with van der Waals surface area (Å²) in [6, 6.07) is 4.99. The second-order valence-corrected chi connectivity index (χ2v) is 4.35. The molecule has 0 saturated carbocycles. The molecule has 16 heavy (non-hydrogen) atoms. The zero-order valence-corrected chi connectivity index (χ0v) is 9.93. The van der Waals surface area contributed by atoms with Crippen molar-refractivity contribution in [2.24, 2.45) is 5.73 Å². The van der Waals surface area contributed by atoms with Gasteiger partial charge in [-0.3, -0.25) is 4.79 Å². The van der Waals surface area contributed by atoms with E-state index < -0.39 is 6.04 Å². The SMILES string of the molecule is Cc1[nH]c2c(Cl)cccc2c1C(=O)C(C)N. The fraction of sp³-hybridized carbons (Fsp3) is 0.250. The number of carbonyl (C=O) groups excluding carboxylic acids is 1. The Morgan fingerprint density at radius 1 is 1.50 bits per heavy atom. The number of ketones is 1. The van der Waals surface area contributed by atoms with Gasteiger partial charge in [0.25, 0.3) is 0 Å². The topological polar surface area (TPSA) is 58.9 Å². The Kier molecular flexibility index (Phi) is 2.74. The number of nitrogens with two attached hydrogens (primary N) is 1.